The number of anilines is 2. The molecule has 0 fully saturated rings. The normalized spacial score (nSPS) is 14.8. The minimum absolute atomic E-state index is 0.142. The number of carbonyl (C=O) groups is 2. The van der Waals surface area contributed by atoms with Crippen LogP contribution < -0.4 is 24.4 Å². The molecule has 1 aliphatic rings. The smallest absolute Gasteiger partial charge is 0.271 e. The Hall–Kier alpha value is -3.22. The van der Waals surface area contributed by atoms with Crippen molar-refractivity contribution >= 4 is 23.2 Å². The van der Waals surface area contributed by atoms with Gasteiger partial charge in [0.15, 0.2) is 5.60 Å². The molecule has 0 saturated carbocycles. The monoisotopic (exact) mass is 384 g/mol. The highest BCUT2D eigenvalue weighted by Gasteiger charge is 2.41. The number of hydrogen-bond acceptors (Lipinski definition) is 5. The van der Waals surface area contributed by atoms with Crippen LogP contribution in [0.25, 0.3) is 0 Å². The average molecular weight is 384 g/mol. The summed E-state index contributed by atoms with van der Waals surface area (Å²) in [4.78, 5) is 27.1. The van der Waals surface area contributed by atoms with Gasteiger partial charge in [-0.2, -0.15) is 0 Å². The van der Waals surface area contributed by atoms with E-state index in [9.17, 15) is 9.59 Å². The third-order valence-corrected chi connectivity index (χ3v) is 4.52. The van der Waals surface area contributed by atoms with Gasteiger partial charge in [-0.3, -0.25) is 14.5 Å². The van der Waals surface area contributed by atoms with E-state index in [4.69, 9.17) is 14.2 Å². The highest BCUT2D eigenvalue weighted by atomic mass is 16.5. The van der Waals surface area contributed by atoms with Crippen molar-refractivity contribution in [2.45, 2.75) is 26.4 Å². The molecular formula is C21H24N2O5. The zero-order valence-corrected chi connectivity index (χ0v) is 16.7. The maximum absolute atomic E-state index is 12.9. The van der Waals surface area contributed by atoms with Crippen LogP contribution in [0.15, 0.2) is 36.4 Å². The van der Waals surface area contributed by atoms with Gasteiger partial charge < -0.3 is 19.5 Å². The Morgan fingerprint density at radius 1 is 1.14 bits per heavy atom. The van der Waals surface area contributed by atoms with Gasteiger partial charge in [0, 0.05) is 6.07 Å². The van der Waals surface area contributed by atoms with Crippen molar-refractivity contribution in [2.75, 3.05) is 31.0 Å². The van der Waals surface area contributed by atoms with Crippen LogP contribution in [0.4, 0.5) is 11.4 Å². The number of fused-ring (bicyclic) bond motifs is 1. The SMILES string of the molecule is COc1ccc(NC(=O)CN2C(=O)C(C)(C)Oc3ccc(C)cc32)c(OC)c1. The molecule has 0 bridgehead atoms. The van der Waals surface area contributed by atoms with E-state index in [0.29, 0.717) is 28.6 Å². The van der Waals surface area contributed by atoms with Gasteiger partial charge in [-0.05, 0) is 50.6 Å². The molecule has 7 heteroatoms. The Balaban J connectivity index is 1.86. The molecule has 0 atom stereocenters. The molecule has 3 rings (SSSR count). The predicted molar refractivity (Wildman–Crippen MR) is 106 cm³/mol. The molecule has 0 aromatic heterocycles. The first-order chi connectivity index (χ1) is 13.2. The Morgan fingerprint density at radius 3 is 2.57 bits per heavy atom. The second-order valence-corrected chi connectivity index (χ2v) is 7.09. The molecule has 0 radical (unpaired) electrons. The predicted octanol–water partition coefficient (Wildman–Crippen LogP) is 3.15. The summed E-state index contributed by atoms with van der Waals surface area (Å²) in [5.41, 5.74) is 0.997. The summed E-state index contributed by atoms with van der Waals surface area (Å²) in [5, 5.41) is 2.80. The summed E-state index contributed by atoms with van der Waals surface area (Å²) in [7, 11) is 3.07. The number of ether oxygens (including phenoxy) is 3. The third kappa shape index (κ3) is 3.74. The first-order valence-corrected chi connectivity index (χ1v) is 8.88. The van der Waals surface area contributed by atoms with Crippen molar-refractivity contribution in [2.24, 2.45) is 0 Å². The van der Waals surface area contributed by atoms with Gasteiger partial charge in [-0.25, -0.2) is 0 Å². The Morgan fingerprint density at radius 2 is 1.89 bits per heavy atom. The Kier molecular flexibility index (Phi) is 5.18. The van der Waals surface area contributed by atoms with Gasteiger partial charge in [0.2, 0.25) is 5.91 Å². The molecule has 1 N–H and O–H groups in total. The molecule has 2 aromatic carbocycles. The van der Waals surface area contributed by atoms with E-state index < -0.39 is 5.60 Å². The summed E-state index contributed by atoms with van der Waals surface area (Å²) < 4.78 is 16.3. The van der Waals surface area contributed by atoms with Crippen LogP contribution in [0, 0.1) is 6.92 Å². The number of carbonyl (C=O) groups excluding carboxylic acids is 2. The lowest BCUT2D eigenvalue weighted by atomic mass is 10.0. The van der Waals surface area contributed by atoms with Crippen LogP contribution in [0.5, 0.6) is 17.2 Å². The van der Waals surface area contributed by atoms with Crippen molar-refractivity contribution in [3.8, 4) is 17.2 Å². The van der Waals surface area contributed by atoms with Crippen molar-refractivity contribution < 1.29 is 23.8 Å². The van der Waals surface area contributed by atoms with Crippen molar-refractivity contribution in [3.05, 3.63) is 42.0 Å². The molecule has 1 heterocycles. The van der Waals surface area contributed by atoms with Crippen LogP contribution in [-0.2, 0) is 9.59 Å². The van der Waals surface area contributed by atoms with Crippen molar-refractivity contribution in [3.63, 3.8) is 0 Å². The second kappa shape index (κ2) is 7.42. The van der Waals surface area contributed by atoms with E-state index >= 15 is 0 Å². The van der Waals surface area contributed by atoms with Crippen molar-refractivity contribution in [1.29, 1.82) is 0 Å². The van der Waals surface area contributed by atoms with Crippen LogP contribution in [-0.4, -0.2) is 38.2 Å². The molecule has 28 heavy (non-hydrogen) atoms. The van der Waals surface area contributed by atoms with E-state index in [1.807, 2.05) is 25.1 Å². The minimum Gasteiger partial charge on any atom is -0.497 e. The standard InChI is InChI=1S/C21H24N2O5/c1-13-6-9-17-16(10-13)23(20(25)21(2,3)28-17)12-19(24)22-15-8-7-14(26-4)11-18(15)27-5/h6-11H,12H2,1-5H3,(H,22,24). The number of rotatable bonds is 5. The lowest BCUT2D eigenvalue weighted by molar-refractivity contribution is -0.133. The highest BCUT2D eigenvalue weighted by molar-refractivity contribution is 6.08. The van der Waals surface area contributed by atoms with Crippen LogP contribution in [0.1, 0.15) is 19.4 Å². The number of amides is 2. The fourth-order valence-corrected chi connectivity index (χ4v) is 3.07. The van der Waals surface area contributed by atoms with Crippen molar-refractivity contribution in [1.82, 2.24) is 0 Å². The van der Waals surface area contributed by atoms with Crippen LogP contribution in [0.2, 0.25) is 0 Å². The summed E-state index contributed by atoms with van der Waals surface area (Å²) in [5.74, 6) is 1.04. The van der Waals surface area contributed by atoms with E-state index in [1.54, 1.807) is 39.2 Å². The number of methoxy groups -OCH3 is 2. The van der Waals surface area contributed by atoms with Gasteiger partial charge in [-0.1, -0.05) is 6.07 Å². The fourth-order valence-electron chi connectivity index (χ4n) is 3.07. The lowest BCUT2D eigenvalue weighted by Gasteiger charge is -2.38. The quantitative estimate of drug-likeness (QED) is 0.857. The maximum atomic E-state index is 12.9. The van der Waals surface area contributed by atoms with Gasteiger partial charge in [0.1, 0.15) is 23.8 Å². The van der Waals surface area contributed by atoms with Gasteiger partial charge in [0.25, 0.3) is 5.91 Å². The molecule has 1 aliphatic heterocycles. The average Bonchev–Trinajstić information content (AvgIpc) is 2.66. The van der Waals surface area contributed by atoms with Gasteiger partial charge >= 0.3 is 0 Å². The van der Waals surface area contributed by atoms with E-state index in [-0.39, 0.29) is 18.4 Å². The molecule has 0 unspecified atom stereocenters. The Bertz CT molecular complexity index is 923. The molecule has 2 aromatic rings. The lowest BCUT2D eigenvalue weighted by Crippen LogP contribution is -2.54. The molecule has 2 amide bonds. The molecule has 7 nitrogen and oxygen atoms in total. The fraction of sp³-hybridized carbons (Fsp3) is 0.333. The van der Waals surface area contributed by atoms with Crippen LogP contribution in [0.3, 0.4) is 0 Å². The molecular weight excluding hydrogens is 360 g/mol. The summed E-state index contributed by atoms with van der Waals surface area (Å²) in [6.45, 7) is 5.16. The number of aryl methyl sites for hydroxylation is 1. The summed E-state index contributed by atoms with van der Waals surface area (Å²) in [6, 6.07) is 10.7. The number of nitrogens with zero attached hydrogens (tertiary/aromatic N) is 1. The van der Waals surface area contributed by atoms with Gasteiger partial charge in [0.05, 0.1) is 25.6 Å². The first kappa shape index (κ1) is 19.5. The first-order valence-electron chi connectivity index (χ1n) is 8.88. The number of nitrogens with one attached hydrogen (secondary N) is 1. The third-order valence-electron chi connectivity index (χ3n) is 4.52. The highest BCUT2D eigenvalue weighted by Crippen LogP contribution is 2.38. The Labute approximate surface area is 164 Å². The molecule has 148 valence electrons. The second-order valence-electron chi connectivity index (χ2n) is 7.09. The largest absolute Gasteiger partial charge is 0.497 e. The van der Waals surface area contributed by atoms with Gasteiger partial charge in [-0.15, -0.1) is 0 Å². The van der Waals surface area contributed by atoms with E-state index in [1.165, 1.54) is 12.0 Å². The topological polar surface area (TPSA) is 77.1 Å². The molecule has 0 saturated heterocycles. The van der Waals surface area contributed by atoms with Crippen LogP contribution >= 0.6 is 0 Å². The number of benzene rings is 2. The maximum Gasteiger partial charge on any atom is 0.271 e. The molecule has 0 spiro atoms. The molecule has 0 aliphatic carbocycles. The zero-order valence-electron chi connectivity index (χ0n) is 16.7. The summed E-state index contributed by atoms with van der Waals surface area (Å²) in [6.07, 6.45) is 0. The summed E-state index contributed by atoms with van der Waals surface area (Å²) >= 11 is 0. The number of hydrogen-bond donors (Lipinski definition) is 1. The van der Waals surface area contributed by atoms with E-state index in [0.717, 1.165) is 5.56 Å². The zero-order chi connectivity index (χ0) is 20.5. The minimum atomic E-state index is -1.06. The van der Waals surface area contributed by atoms with E-state index in [2.05, 4.69) is 5.32 Å².